The van der Waals surface area contributed by atoms with Gasteiger partial charge in [-0.2, -0.15) is 0 Å². The van der Waals surface area contributed by atoms with Gasteiger partial charge in [0.2, 0.25) is 5.91 Å². The first kappa shape index (κ1) is 12.2. The molecule has 3 heteroatoms. The van der Waals surface area contributed by atoms with E-state index in [1.54, 1.807) is 0 Å². The number of amides is 1. The van der Waals surface area contributed by atoms with Crippen LogP contribution in [0.2, 0.25) is 0 Å². The largest absolute Gasteiger partial charge is 0.351 e. The molecule has 0 bridgehead atoms. The summed E-state index contributed by atoms with van der Waals surface area (Å²) in [6.45, 7) is 1.02. The third-order valence-corrected chi connectivity index (χ3v) is 3.43. The molecule has 3 rings (SSSR count). The lowest BCUT2D eigenvalue weighted by atomic mass is 10.1. The SMILES string of the molecule is O=C(CNC1CC1)NCc1ccc2ccccc2c1. The number of rotatable bonds is 5. The Labute approximate surface area is 113 Å². The number of fused-ring (bicyclic) bond motifs is 1. The van der Waals surface area contributed by atoms with Crippen molar-refractivity contribution in [1.29, 1.82) is 0 Å². The highest BCUT2D eigenvalue weighted by Crippen LogP contribution is 2.18. The molecule has 1 aliphatic carbocycles. The first-order valence-electron chi connectivity index (χ1n) is 6.79. The third kappa shape index (κ3) is 3.32. The topological polar surface area (TPSA) is 41.1 Å². The van der Waals surface area contributed by atoms with Gasteiger partial charge in [0.1, 0.15) is 0 Å². The van der Waals surface area contributed by atoms with Crippen LogP contribution in [0, 0.1) is 0 Å². The number of carbonyl (C=O) groups excluding carboxylic acids is 1. The fourth-order valence-electron chi connectivity index (χ4n) is 2.14. The van der Waals surface area contributed by atoms with Crippen molar-refractivity contribution >= 4 is 16.7 Å². The van der Waals surface area contributed by atoms with Gasteiger partial charge in [-0.1, -0.05) is 36.4 Å². The molecule has 1 saturated carbocycles. The Bertz CT molecular complexity index is 590. The van der Waals surface area contributed by atoms with Gasteiger partial charge in [0.15, 0.2) is 0 Å². The first-order chi connectivity index (χ1) is 9.31. The zero-order chi connectivity index (χ0) is 13.1. The zero-order valence-corrected chi connectivity index (χ0v) is 10.9. The van der Waals surface area contributed by atoms with Crippen molar-refractivity contribution in [3.63, 3.8) is 0 Å². The lowest BCUT2D eigenvalue weighted by molar-refractivity contribution is -0.120. The Morgan fingerprint density at radius 3 is 2.68 bits per heavy atom. The molecule has 0 spiro atoms. The maximum atomic E-state index is 11.6. The van der Waals surface area contributed by atoms with Gasteiger partial charge in [-0.25, -0.2) is 0 Å². The second-order valence-electron chi connectivity index (χ2n) is 5.11. The molecule has 0 radical (unpaired) electrons. The van der Waals surface area contributed by atoms with Gasteiger partial charge >= 0.3 is 0 Å². The van der Waals surface area contributed by atoms with Crippen LogP contribution in [0.3, 0.4) is 0 Å². The first-order valence-corrected chi connectivity index (χ1v) is 6.79. The number of carbonyl (C=O) groups is 1. The molecule has 2 aromatic rings. The molecule has 0 unspecified atom stereocenters. The number of hydrogen-bond acceptors (Lipinski definition) is 2. The molecular weight excluding hydrogens is 236 g/mol. The fraction of sp³-hybridized carbons (Fsp3) is 0.312. The van der Waals surface area contributed by atoms with Crippen molar-refractivity contribution < 1.29 is 4.79 Å². The quantitative estimate of drug-likeness (QED) is 0.859. The lowest BCUT2D eigenvalue weighted by Gasteiger charge is -2.07. The van der Waals surface area contributed by atoms with Crippen molar-refractivity contribution in [1.82, 2.24) is 10.6 Å². The van der Waals surface area contributed by atoms with E-state index in [2.05, 4.69) is 41.0 Å². The Morgan fingerprint density at radius 1 is 1.11 bits per heavy atom. The highest BCUT2D eigenvalue weighted by Gasteiger charge is 2.20. The second kappa shape index (κ2) is 5.41. The molecule has 0 heterocycles. The van der Waals surface area contributed by atoms with E-state index < -0.39 is 0 Å². The van der Waals surface area contributed by atoms with Crippen molar-refractivity contribution in [2.24, 2.45) is 0 Å². The maximum Gasteiger partial charge on any atom is 0.234 e. The highest BCUT2D eigenvalue weighted by molar-refractivity contribution is 5.83. The van der Waals surface area contributed by atoms with Gasteiger partial charge in [0, 0.05) is 12.6 Å². The summed E-state index contributed by atoms with van der Waals surface area (Å²) in [5.74, 6) is 0.0695. The van der Waals surface area contributed by atoms with E-state index in [1.807, 2.05) is 12.1 Å². The third-order valence-electron chi connectivity index (χ3n) is 3.43. The number of benzene rings is 2. The predicted molar refractivity (Wildman–Crippen MR) is 76.8 cm³/mol. The van der Waals surface area contributed by atoms with Crippen LogP contribution in [0.1, 0.15) is 18.4 Å². The average molecular weight is 254 g/mol. The van der Waals surface area contributed by atoms with Crippen LogP contribution < -0.4 is 10.6 Å². The molecule has 1 amide bonds. The second-order valence-corrected chi connectivity index (χ2v) is 5.11. The molecule has 19 heavy (non-hydrogen) atoms. The Kier molecular flexibility index (Phi) is 3.47. The summed E-state index contributed by atoms with van der Waals surface area (Å²) in [7, 11) is 0. The van der Waals surface area contributed by atoms with Crippen LogP contribution >= 0.6 is 0 Å². The van der Waals surface area contributed by atoms with Crippen LogP contribution in [-0.4, -0.2) is 18.5 Å². The lowest BCUT2D eigenvalue weighted by Crippen LogP contribution is -2.34. The van der Waals surface area contributed by atoms with E-state index in [0.717, 1.165) is 5.56 Å². The van der Waals surface area contributed by atoms with Crippen LogP contribution in [0.15, 0.2) is 42.5 Å². The summed E-state index contributed by atoms with van der Waals surface area (Å²) >= 11 is 0. The Hall–Kier alpha value is -1.87. The van der Waals surface area contributed by atoms with Gasteiger partial charge in [0.05, 0.1) is 6.54 Å². The van der Waals surface area contributed by atoms with E-state index in [1.165, 1.54) is 23.6 Å². The molecule has 2 aromatic carbocycles. The minimum absolute atomic E-state index is 0.0695. The summed E-state index contributed by atoms with van der Waals surface area (Å²) in [4.78, 5) is 11.6. The smallest absolute Gasteiger partial charge is 0.234 e. The Balaban J connectivity index is 1.56. The van der Waals surface area contributed by atoms with E-state index in [9.17, 15) is 4.79 Å². The molecule has 98 valence electrons. The van der Waals surface area contributed by atoms with Crippen molar-refractivity contribution in [3.05, 3.63) is 48.0 Å². The van der Waals surface area contributed by atoms with Gasteiger partial charge in [-0.3, -0.25) is 4.79 Å². The molecule has 0 saturated heterocycles. The summed E-state index contributed by atoms with van der Waals surface area (Å²) in [6.07, 6.45) is 2.41. The minimum atomic E-state index is 0.0695. The van der Waals surface area contributed by atoms with Crippen molar-refractivity contribution in [2.75, 3.05) is 6.54 Å². The predicted octanol–water partition coefficient (Wildman–Crippen LogP) is 2.21. The van der Waals surface area contributed by atoms with Crippen LogP contribution in [0.25, 0.3) is 10.8 Å². The maximum absolute atomic E-state index is 11.6. The molecule has 2 N–H and O–H groups in total. The van der Waals surface area contributed by atoms with Crippen molar-refractivity contribution in [2.45, 2.75) is 25.4 Å². The van der Waals surface area contributed by atoms with Gasteiger partial charge in [-0.15, -0.1) is 0 Å². The molecule has 0 aliphatic heterocycles. The summed E-state index contributed by atoms with van der Waals surface area (Å²) in [5, 5.41) is 8.60. The standard InChI is InChI=1S/C16H18N2O/c19-16(11-17-15-7-8-15)18-10-12-5-6-13-3-1-2-4-14(13)9-12/h1-6,9,15,17H,7-8,10-11H2,(H,18,19). The molecular formula is C16H18N2O. The van der Waals surface area contributed by atoms with Crippen LogP contribution in [0.4, 0.5) is 0 Å². The highest BCUT2D eigenvalue weighted by atomic mass is 16.1. The molecule has 0 atom stereocenters. The summed E-state index contributed by atoms with van der Waals surface area (Å²) in [5.41, 5.74) is 1.14. The monoisotopic (exact) mass is 254 g/mol. The molecule has 1 aliphatic rings. The molecule has 0 aromatic heterocycles. The van der Waals surface area contributed by atoms with Gasteiger partial charge in [0.25, 0.3) is 0 Å². The summed E-state index contributed by atoms with van der Waals surface area (Å²) < 4.78 is 0. The normalized spacial score (nSPS) is 14.5. The van der Waals surface area contributed by atoms with Gasteiger partial charge < -0.3 is 10.6 Å². The number of hydrogen-bond donors (Lipinski definition) is 2. The van der Waals surface area contributed by atoms with Crippen LogP contribution in [-0.2, 0) is 11.3 Å². The van der Waals surface area contributed by atoms with Gasteiger partial charge in [-0.05, 0) is 35.2 Å². The number of nitrogens with one attached hydrogen (secondary N) is 2. The van der Waals surface area contributed by atoms with E-state index in [-0.39, 0.29) is 5.91 Å². The average Bonchev–Trinajstić information content (AvgIpc) is 3.27. The van der Waals surface area contributed by atoms with Crippen LogP contribution in [0.5, 0.6) is 0 Å². The summed E-state index contributed by atoms with van der Waals surface area (Å²) in [6, 6.07) is 15.1. The molecule has 3 nitrogen and oxygen atoms in total. The molecule has 1 fully saturated rings. The zero-order valence-electron chi connectivity index (χ0n) is 10.9. The Morgan fingerprint density at radius 2 is 1.89 bits per heavy atom. The van der Waals surface area contributed by atoms with E-state index >= 15 is 0 Å². The van der Waals surface area contributed by atoms with Crippen molar-refractivity contribution in [3.8, 4) is 0 Å². The fourth-order valence-corrected chi connectivity index (χ4v) is 2.14. The van der Waals surface area contributed by atoms with E-state index in [4.69, 9.17) is 0 Å². The minimum Gasteiger partial charge on any atom is -0.351 e. The van der Waals surface area contributed by atoms with E-state index in [0.29, 0.717) is 19.1 Å².